The molecule has 0 bridgehead atoms. The normalized spacial score (nSPS) is 18.9. The van der Waals surface area contributed by atoms with Crippen molar-refractivity contribution >= 4 is 17.8 Å². The predicted molar refractivity (Wildman–Crippen MR) is 75.6 cm³/mol. The molecule has 1 fully saturated rings. The molecule has 0 saturated carbocycles. The highest BCUT2D eigenvalue weighted by atomic mass is 16.4. The largest absolute Gasteiger partial charge is 0.480 e. The van der Waals surface area contributed by atoms with Crippen molar-refractivity contribution in [2.24, 2.45) is 0 Å². The summed E-state index contributed by atoms with van der Waals surface area (Å²) in [5, 5.41) is 14.3. The molecule has 1 aliphatic rings. The lowest BCUT2D eigenvalue weighted by atomic mass is 10.0. The minimum absolute atomic E-state index is 0.180. The van der Waals surface area contributed by atoms with E-state index in [9.17, 15) is 19.5 Å². The van der Waals surface area contributed by atoms with Gasteiger partial charge in [-0.15, -0.1) is 0 Å². The Hall–Kier alpha value is -2.37. The summed E-state index contributed by atoms with van der Waals surface area (Å²) in [6.45, 7) is 1.92. The van der Waals surface area contributed by atoms with E-state index in [0.29, 0.717) is 12.8 Å². The first-order valence-electron chi connectivity index (χ1n) is 6.84. The van der Waals surface area contributed by atoms with Gasteiger partial charge in [-0.3, -0.25) is 9.59 Å². The van der Waals surface area contributed by atoms with Crippen molar-refractivity contribution in [1.29, 1.82) is 0 Å². The van der Waals surface area contributed by atoms with Gasteiger partial charge in [-0.1, -0.05) is 29.8 Å². The van der Waals surface area contributed by atoms with E-state index in [-0.39, 0.29) is 12.3 Å². The summed E-state index contributed by atoms with van der Waals surface area (Å²) in [6.07, 6.45) is 0.915. The number of hydrogen-bond donors (Lipinski definition) is 3. The molecule has 1 heterocycles. The smallest absolute Gasteiger partial charge is 0.326 e. The van der Waals surface area contributed by atoms with Crippen LogP contribution in [0.3, 0.4) is 0 Å². The van der Waals surface area contributed by atoms with Gasteiger partial charge < -0.3 is 15.7 Å². The molecule has 0 aliphatic carbocycles. The summed E-state index contributed by atoms with van der Waals surface area (Å²) in [7, 11) is 0. The van der Waals surface area contributed by atoms with E-state index in [1.54, 1.807) is 0 Å². The summed E-state index contributed by atoms with van der Waals surface area (Å²) >= 11 is 0. The van der Waals surface area contributed by atoms with Gasteiger partial charge in [0.15, 0.2) is 0 Å². The van der Waals surface area contributed by atoms with E-state index in [0.717, 1.165) is 11.1 Å². The van der Waals surface area contributed by atoms with Gasteiger partial charge in [0.2, 0.25) is 11.8 Å². The van der Waals surface area contributed by atoms with E-state index in [1.807, 2.05) is 31.2 Å². The maximum absolute atomic E-state index is 12.0. The van der Waals surface area contributed by atoms with Gasteiger partial charge in [0, 0.05) is 12.8 Å². The van der Waals surface area contributed by atoms with Gasteiger partial charge >= 0.3 is 5.97 Å². The van der Waals surface area contributed by atoms with Crippen molar-refractivity contribution in [3.05, 3.63) is 35.4 Å². The van der Waals surface area contributed by atoms with E-state index in [1.165, 1.54) is 0 Å². The van der Waals surface area contributed by atoms with Crippen molar-refractivity contribution in [3.8, 4) is 0 Å². The Morgan fingerprint density at radius 1 is 1.48 bits per heavy atom. The second-order valence-corrected chi connectivity index (χ2v) is 5.25. The number of benzene rings is 1. The molecule has 2 rings (SSSR count). The lowest BCUT2D eigenvalue weighted by Gasteiger charge is -2.17. The molecule has 0 spiro atoms. The minimum atomic E-state index is -1.09. The molecule has 1 aliphatic heterocycles. The van der Waals surface area contributed by atoms with Crippen molar-refractivity contribution in [3.63, 3.8) is 0 Å². The molecule has 0 aromatic heterocycles. The first kappa shape index (κ1) is 15.0. The number of aliphatic carboxylic acids is 1. The summed E-state index contributed by atoms with van der Waals surface area (Å²) in [5.41, 5.74) is 1.88. The molecule has 0 unspecified atom stereocenters. The average Bonchev–Trinajstić information content (AvgIpc) is 2.84. The van der Waals surface area contributed by atoms with Crippen LogP contribution in [0, 0.1) is 6.92 Å². The molecule has 2 amide bonds. The minimum Gasteiger partial charge on any atom is -0.480 e. The van der Waals surface area contributed by atoms with Crippen molar-refractivity contribution < 1.29 is 19.5 Å². The fourth-order valence-electron chi connectivity index (χ4n) is 2.36. The molecule has 2 atom stereocenters. The number of carbonyl (C=O) groups excluding carboxylic acids is 2. The van der Waals surface area contributed by atoms with Crippen molar-refractivity contribution in [1.82, 2.24) is 10.6 Å². The fraction of sp³-hybridized carbons (Fsp3) is 0.400. The predicted octanol–water partition coefficient (Wildman–Crippen LogP) is 0.386. The van der Waals surface area contributed by atoms with Crippen LogP contribution in [0.15, 0.2) is 24.3 Å². The van der Waals surface area contributed by atoms with E-state index < -0.39 is 24.0 Å². The molecular weight excluding hydrogens is 272 g/mol. The van der Waals surface area contributed by atoms with Gasteiger partial charge in [-0.25, -0.2) is 4.79 Å². The van der Waals surface area contributed by atoms with Crippen LogP contribution in [-0.4, -0.2) is 35.0 Å². The molecule has 21 heavy (non-hydrogen) atoms. The molecular formula is C15H18N2O4. The number of aryl methyl sites for hydroxylation is 1. The number of carboxylic acid groups (broad SMARTS) is 1. The molecule has 112 valence electrons. The summed E-state index contributed by atoms with van der Waals surface area (Å²) in [5.74, 6) is -1.71. The van der Waals surface area contributed by atoms with Crippen LogP contribution < -0.4 is 10.6 Å². The SMILES string of the molecule is Cc1cccc(C[C@H](NC(=O)[C@@H]2CCC(=O)N2)C(=O)O)c1. The third kappa shape index (κ3) is 4.05. The Balaban J connectivity index is 2.00. The number of rotatable bonds is 5. The first-order valence-corrected chi connectivity index (χ1v) is 6.84. The van der Waals surface area contributed by atoms with Gasteiger partial charge in [-0.05, 0) is 18.9 Å². The third-order valence-corrected chi connectivity index (χ3v) is 3.45. The topological polar surface area (TPSA) is 95.5 Å². The number of carbonyl (C=O) groups is 3. The van der Waals surface area contributed by atoms with Crippen LogP contribution in [0.4, 0.5) is 0 Å². The van der Waals surface area contributed by atoms with E-state index in [2.05, 4.69) is 10.6 Å². The van der Waals surface area contributed by atoms with Gasteiger partial charge in [-0.2, -0.15) is 0 Å². The molecule has 6 nitrogen and oxygen atoms in total. The number of nitrogens with one attached hydrogen (secondary N) is 2. The molecule has 0 radical (unpaired) electrons. The quantitative estimate of drug-likeness (QED) is 0.731. The maximum atomic E-state index is 12.0. The lowest BCUT2D eigenvalue weighted by molar-refractivity contribution is -0.142. The van der Waals surface area contributed by atoms with Gasteiger partial charge in [0.25, 0.3) is 0 Å². The zero-order valence-electron chi connectivity index (χ0n) is 11.8. The monoisotopic (exact) mass is 290 g/mol. The second kappa shape index (κ2) is 6.39. The molecule has 6 heteroatoms. The Kier molecular flexibility index (Phi) is 4.57. The highest BCUT2D eigenvalue weighted by Gasteiger charge is 2.30. The number of amides is 2. The van der Waals surface area contributed by atoms with Crippen molar-refractivity contribution in [2.45, 2.75) is 38.3 Å². The average molecular weight is 290 g/mol. The first-order chi connectivity index (χ1) is 9.95. The van der Waals surface area contributed by atoms with Gasteiger partial charge in [0.1, 0.15) is 12.1 Å². The Morgan fingerprint density at radius 3 is 2.81 bits per heavy atom. The van der Waals surface area contributed by atoms with Gasteiger partial charge in [0.05, 0.1) is 0 Å². The van der Waals surface area contributed by atoms with Crippen LogP contribution in [0.2, 0.25) is 0 Å². The maximum Gasteiger partial charge on any atom is 0.326 e. The summed E-state index contributed by atoms with van der Waals surface area (Å²) < 4.78 is 0. The summed E-state index contributed by atoms with van der Waals surface area (Å²) in [4.78, 5) is 34.4. The highest BCUT2D eigenvalue weighted by molar-refractivity contribution is 5.92. The number of hydrogen-bond acceptors (Lipinski definition) is 3. The number of carboxylic acids is 1. The fourth-order valence-corrected chi connectivity index (χ4v) is 2.36. The Bertz CT molecular complexity index is 571. The summed E-state index contributed by atoms with van der Waals surface area (Å²) in [6, 6.07) is 5.86. The lowest BCUT2D eigenvalue weighted by Crippen LogP contribution is -2.49. The van der Waals surface area contributed by atoms with E-state index >= 15 is 0 Å². The van der Waals surface area contributed by atoms with Crippen LogP contribution in [0.25, 0.3) is 0 Å². The second-order valence-electron chi connectivity index (χ2n) is 5.25. The van der Waals surface area contributed by atoms with E-state index in [4.69, 9.17) is 0 Å². The zero-order valence-corrected chi connectivity index (χ0v) is 11.8. The van der Waals surface area contributed by atoms with Crippen LogP contribution in [-0.2, 0) is 20.8 Å². The molecule has 1 aromatic carbocycles. The van der Waals surface area contributed by atoms with Crippen molar-refractivity contribution in [2.75, 3.05) is 0 Å². The third-order valence-electron chi connectivity index (χ3n) is 3.45. The standard InChI is InChI=1S/C15H18N2O4/c1-9-3-2-4-10(7-9)8-12(15(20)21)17-14(19)11-5-6-13(18)16-11/h2-4,7,11-12H,5-6,8H2,1H3,(H,16,18)(H,17,19)(H,20,21)/t11-,12-/m0/s1. The Labute approximate surface area is 122 Å². The molecule has 1 saturated heterocycles. The molecule has 3 N–H and O–H groups in total. The molecule has 1 aromatic rings. The van der Waals surface area contributed by atoms with Crippen LogP contribution in [0.1, 0.15) is 24.0 Å². The van der Waals surface area contributed by atoms with Crippen LogP contribution >= 0.6 is 0 Å². The Morgan fingerprint density at radius 2 is 2.24 bits per heavy atom. The highest BCUT2D eigenvalue weighted by Crippen LogP contribution is 2.10. The van der Waals surface area contributed by atoms with Crippen LogP contribution in [0.5, 0.6) is 0 Å². The zero-order chi connectivity index (χ0) is 15.4.